The van der Waals surface area contributed by atoms with Crippen molar-refractivity contribution in [3.05, 3.63) is 60.5 Å². The highest BCUT2D eigenvalue weighted by Gasteiger charge is 2.15. The zero-order valence-electron chi connectivity index (χ0n) is 9.90. The summed E-state index contributed by atoms with van der Waals surface area (Å²) in [5.41, 5.74) is 0.523. The van der Waals surface area contributed by atoms with Gasteiger partial charge in [-0.25, -0.2) is 9.18 Å². The molecule has 0 saturated heterocycles. The Hall–Kier alpha value is -1.03. The minimum Gasteiger partial charge on any atom is -0.421 e. The molecule has 0 fully saturated rings. The van der Waals surface area contributed by atoms with E-state index in [0.29, 0.717) is 15.4 Å². The SMILES string of the molecule is O=Cc1cc(I)cc(I)c1OC(=O)c1ccc(F)cc1. The van der Waals surface area contributed by atoms with Crippen LogP contribution in [0.3, 0.4) is 0 Å². The number of esters is 1. The highest BCUT2D eigenvalue weighted by Crippen LogP contribution is 2.28. The Morgan fingerprint density at radius 2 is 1.80 bits per heavy atom. The predicted octanol–water partition coefficient (Wildman–Crippen LogP) is 4.07. The molecule has 0 radical (unpaired) electrons. The number of carbonyl (C=O) groups excluding carboxylic acids is 2. The topological polar surface area (TPSA) is 43.4 Å². The number of rotatable bonds is 3. The number of hydrogen-bond donors (Lipinski definition) is 0. The second kappa shape index (κ2) is 6.61. The molecule has 0 atom stereocenters. The van der Waals surface area contributed by atoms with E-state index in [9.17, 15) is 14.0 Å². The molecule has 0 bridgehead atoms. The lowest BCUT2D eigenvalue weighted by atomic mass is 10.2. The van der Waals surface area contributed by atoms with Gasteiger partial charge in [-0.3, -0.25) is 4.79 Å². The van der Waals surface area contributed by atoms with Gasteiger partial charge in [-0.15, -0.1) is 0 Å². The summed E-state index contributed by atoms with van der Waals surface area (Å²) < 4.78 is 19.6. The van der Waals surface area contributed by atoms with Crippen molar-refractivity contribution in [2.24, 2.45) is 0 Å². The average molecular weight is 496 g/mol. The number of ether oxygens (including phenoxy) is 1. The largest absolute Gasteiger partial charge is 0.421 e. The van der Waals surface area contributed by atoms with Crippen molar-refractivity contribution >= 4 is 57.4 Å². The molecule has 0 amide bonds. The van der Waals surface area contributed by atoms with Gasteiger partial charge in [0.2, 0.25) is 0 Å². The van der Waals surface area contributed by atoms with Gasteiger partial charge in [-0.05, 0) is 81.6 Å². The van der Waals surface area contributed by atoms with E-state index in [-0.39, 0.29) is 11.3 Å². The lowest BCUT2D eigenvalue weighted by Gasteiger charge is -2.09. The van der Waals surface area contributed by atoms with Crippen molar-refractivity contribution < 1.29 is 18.7 Å². The minimum atomic E-state index is -0.632. The van der Waals surface area contributed by atoms with Gasteiger partial charge in [0.05, 0.1) is 14.7 Å². The van der Waals surface area contributed by atoms with E-state index >= 15 is 0 Å². The van der Waals surface area contributed by atoms with E-state index < -0.39 is 11.8 Å². The van der Waals surface area contributed by atoms with E-state index in [2.05, 4.69) is 22.6 Å². The zero-order chi connectivity index (χ0) is 14.7. The van der Waals surface area contributed by atoms with Crippen LogP contribution in [-0.2, 0) is 0 Å². The van der Waals surface area contributed by atoms with Gasteiger partial charge in [0, 0.05) is 3.57 Å². The Bertz CT molecular complexity index is 669. The molecule has 0 aliphatic rings. The number of hydrogen-bond acceptors (Lipinski definition) is 3. The van der Waals surface area contributed by atoms with Crippen LogP contribution in [0.15, 0.2) is 36.4 Å². The first-order chi connectivity index (χ1) is 9.51. The van der Waals surface area contributed by atoms with Crippen LogP contribution >= 0.6 is 45.2 Å². The van der Waals surface area contributed by atoms with Gasteiger partial charge in [-0.2, -0.15) is 0 Å². The number of benzene rings is 2. The molecule has 0 aliphatic carbocycles. The average Bonchev–Trinajstić information content (AvgIpc) is 2.42. The summed E-state index contributed by atoms with van der Waals surface area (Å²) in [6.45, 7) is 0. The monoisotopic (exact) mass is 496 g/mol. The molecule has 0 aromatic heterocycles. The Balaban J connectivity index is 2.32. The number of carbonyl (C=O) groups is 2. The van der Waals surface area contributed by atoms with Crippen molar-refractivity contribution in [2.45, 2.75) is 0 Å². The predicted molar refractivity (Wildman–Crippen MR) is 88.6 cm³/mol. The molecule has 20 heavy (non-hydrogen) atoms. The fourth-order valence-corrected chi connectivity index (χ4v) is 3.51. The van der Waals surface area contributed by atoms with Crippen LogP contribution in [0.4, 0.5) is 4.39 Å². The fourth-order valence-electron chi connectivity index (χ4n) is 1.51. The molecule has 0 N–H and O–H groups in total. The van der Waals surface area contributed by atoms with Crippen LogP contribution < -0.4 is 4.74 Å². The Morgan fingerprint density at radius 1 is 1.15 bits per heavy atom. The van der Waals surface area contributed by atoms with Crippen molar-refractivity contribution in [2.75, 3.05) is 0 Å². The van der Waals surface area contributed by atoms with Crippen LogP contribution in [0.2, 0.25) is 0 Å². The molecule has 0 unspecified atom stereocenters. The minimum absolute atomic E-state index is 0.218. The first kappa shape index (κ1) is 15.4. The Kier molecular flexibility index (Phi) is 5.08. The first-order valence-corrected chi connectivity index (χ1v) is 7.59. The van der Waals surface area contributed by atoms with Crippen LogP contribution in [0.5, 0.6) is 5.75 Å². The maximum Gasteiger partial charge on any atom is 0.343 e. The third kappa shape index (κ3) is 3.54. The molecule has 0 saturated carbocycles. The van der Waals surface area contributed by atoms with E-state index in [1.165, 1.54) is 24.3 Å². The van der Waals surface area contributed by atoms with Crippen molar-refractivity contribution in [3.8, 4) is 5.75 Å². The van der Waals surface area contributed by atoms with Crippen LogP contribution in [0.1, 0.15) is 20.7 Å². The molecule has 2 aromatic rings. The summed E-state index contributed by atoms with van der Waals surface area (Å²) in [5, 5.41) is 0. The second-order valence-electron chi connectivity index (χ2n) is 3.82. The summed E-state index contributed by atoms with van der Waals surface area (Å²) >= 11 is 4.07. The van der Waals surface area contributed by atoms with Crippen molar-refractivity contribution in [3.63, 3.8) is 0 Å². The van der Waals surface area contributed by atoms with E-state index in [1.54, 1.807) is 12.1 Å². The highest BCUT2D eigenvalue weighted by atomic mass is 127. The standard InChI is InChI=1S/C14H7FI2O3/c15-10-3-1-8(2-4-10)14(19)20-13-9(7-18)5-11(16)6-12(13)17/h1-7H. The lowest BCUT2D eigenvalue weighted by Crippen LogP contribution is -2.11. The zero-order valence-corrected chi connectivity index (χ0v) is 14.2. The molecule has 6 heteroatoms. The molecule has 0 spiro atoms. The second-order valence-corrected chi connectivity index (χ2v) is 6.23. The van der Waals surface area contributed by atoms with E-state index in [0.717, 1.165) is 3.57 Å². The molecule has 2 rings (SSSR count). The summed E-state index contributed by atoms with van der Waals surface area (Å²) in [5.74, 6) is -0.846. The molecule has 2 aromatic carbocycles. The Labute approximate surface area is 141 Å². The third-order valence-electron chi connectivity index (χ3n) is 2.44. The van der Waals surface area contributed by atoms with Gasteiger partial charge in [0.1, 0.15) is 5.82 Å². The van der Waals surface area contributed by atoms with Gasteiger partial charge in [0.15, 0.2) is 12.0 Å². The van der Waals surface area contributed by atoms with Gasteiger partial charge in [0.25, 0.3) is 0 Å². The number of halogens is 3. The van der Waals surface area contributed by atoms with Gasteiger partial charge >= 0.3 is 5.97 Å². The molecule has 0 aliphatic heterocycles. The molecule has 102 valence electrons. The maximum atomic E-state index is 12.8. The van der Waals surface area contributed by atoms with Gasteiger partial charge in [-0.1, -0.05) is 0 Å². The highest BCUT2D eigenvalue weighted by molar-refractivity contribution is 14.1. The maximum absolute atomic E-state index is 12.8. The molecular formula is C14H7FI2O3. The van der Waals surface area contributed by atoms with E-state index in [1.807, 2.05) is 22.6 Å². The first-order valence-electron chi connectivity index (χ1n) is 5.43. The summed E-state index contributed by atoms with van der Waals surface area (Å²) in [4.78, 5) is 23.0. The normalized spacial score (nSPS) is 10.2. The third-order valence-corrected chi connectivity index (χ3v) is 3.86. The van der Waals surface area contributed by atoms with Crippen LogP contribution in [0.25, 0.3) is 0 Å². The van der Waals surface area contributed by atoms with Crippen LogP contribution in [-0.4, -0.2) is 12.3 Å². The molecule has 0 heterocycles. The van der Waals surface area contributed by atoms with Crippen LogP contribution in [0, 0.1) is 13.0 Å². The van der Waals surface area contributed by atoms with Crippen molar-refractivity contribution in [1.82, 2.24) is 0 Å². The molecular weight excluding hydrogens is 489 g/mol. The number of aldehydes is 1. The quantitative estimate of drug-likeness (QED) is 0.279. The molecule has 3 nitrogen and oxygen atoms in total. The van der Waals surface area contributed by atoms with Gasteiger partial charge < -0.3 is 4.74 Å². The summed E-state index contributed by atoms with van der Waals surface area (Å²) in [6, 6.07) is 8.44. The Morgan fingerprint density at radius 3 is 2.40 bits per heavy atom. The van der Waals surface area contributed by atoms with E-state index in [4.69, 9.17) is 4.74 Å². The summed E-state index contributed by atoms with van der Waals surface area (Å²) in [7, 11) is 0. The summed E-state index contributed by atoms with van der Waals surface area (Å²) in [6.07, 6.45) is 0.637. The lowest BCUT2D eigenvalue weighted by molar-refractivity contribution is 0.0732. The van der Waals surface area contributed by atoms with Crippen molar-refractivity contribution in [1.29, 1.82) is 0 Å². The smallest absolute Gasteiger partial charge is 0.343 e. The fraction of sp³-hybridized carbons (Fsp3) is 0.